The molecule has 0 aliphatic rings. The summed E-state index contributed by atoms with van der Waals surface area (Å²) >= 11 is 0. The lowest BCUT2D eigenvalue weighted by atomic mass is 10.0. The van der Waals surface area contributed by atoms with Crippen molar-refractivity contribution in [2.45, 2.75) is 39.2 Å². The molecule has 0 aromatic heterocycles. The topological polar surface area (TPSA) is 54.4 Å². The fourth-order valence-electron chi connectivity index (χ4n) is 1.90. The molecule has 4 heteroatoms. The van der Waals surface area contributed by atoms with Crippen LogP contribution in [0.3, 0.4) is 0 Å². The van der Waals surface area contributed by atoms with Crippen LogP contribution in [0.25, 0.3) is 0 Å². The van der Waals surface area contributed by atoms with Crippen LogP contribution in [0.1, 0.15) is 30.9 Å². The Labute approximate surface area is 110 Å². The summed E-state index contributed by atoms with van der Waals surface area (Å²) in [5.74, 6) is 0.357. The van der Waals surface area contributed by atoms with Crippen LogP contribution in [0.15, 0.2) is 24.3 Å². The van der Waals surface area contributed by atoms with Gasteiger partial charge in [0.05, 0.1) is 11.9 Å². The molecule has 0 saturated carbocycles. The van der Waals surface area contributed by atoms with E-state index in [0.29, 0.717) is 19.3 Å². The predicted molar refractivity (Wildman–Crippen MR) is 74.5 cm³/mol. The van der Waals surface area contributed by atoms with Crippen LogP contribution >= 0.6 is 0 Å². The normalized spacial score (nSPS) is 13.5. The number of hydrogen-bond donors (Lipinski definition) is 1. The number of benzene rings is 1. The van der Waals surface area contributed by atoms with Crippen LogP contribution in [-0.2, 0) is 16.3 Å². The molecule has 1 N–H and O–H groups in total. The number of rotatable bonds is 7. The van der Waals surface area contributed by atoms with Gasteiger partial charge in [-0.25, -0.2) is 8.42 Å². The van der Waals surface area contributed by atoms with E-state index in [1.54, 1.807) is 6.92 Å². The summed E-state index contributed by atoms with van der Waals surface area (Å²) in [6.45, 7) is 3.67. The molecular weight excluding hydrogens is 248 g/mol. The molecule has 1 aromatic carbocycles. The summed E-state index contributed by atoms with van der Waals surface area (Å²) in [6.07, 6.45) is 1.20. The SMILES string of the molecule is CCS(=O)(=O)CCCC(O)Cc1cccc(C)c1. The first-order valence-corrected chi connectivity index (χ1v) is 8.19. The molecule has 0 radical (unpaired) electrons. The minimum absolute atomic E-state index is 0.175. The molecule has 18 heavy (non-hydrogen) atoms. The molecule has 0 bridgehead atoms. The molecule has 0 aliphatic carbocycles. The monoisotopic (exact) mass is 270 g/mol. The first-order chi connectivity index (χ1) is 8.43. The fourth-order valence-corrected chi connectivity index (χ4v) is 2.79. The van der Waals surface area contributed by atoms with E-state index in [9.17, 15) is 13.5 Å². The maximum absolute atomic E-state index is 11.3. The second kappa shape index (κ2) is 6.90. The van der Waals surface area contributed by atoms with Gasteiger partial charge in [-0.2, -0.15) is 0 Å². The highest BCUT2D eigenvalue weighted by atomic mass is 32.2. The van der Waals surface area contributed by atoms with E-state index >= 15 is 0 Å². The third-order valence-electron chi connectivity index (χ3n) is 2.99. The van der Waals surface area contributed by atoms with Crippen molar-refractivity contribution in [1.82, 2.24) is 0 Å². The summed E-state index contributed by atoms with van der Waals surface area (Å²) in [4.78, 5) is 0. The van der Waals surface area contributed by atoms with E-state index in [2.05, 4.69) is 0 Å². The summed E-state index contributed by atoms with van der Waals surface area (Å²) in [6, 6.07) is 8.02. The number of aliphatic hydroxyl groups excluding tert-OH is 1. The van der Waals surface area contributed by atoms with Crippen LogP contribution < -0.4 is 0 Å². The van der Waals surface area contributed by atoms with E-state index in [1.807, 2.05) is 31.2 Å². The molecule has 0 amide bonds. The molecule has 0 spiro atoms. The number of aryl methyl sites for hydroxylation is 1. The molecule has 3 nitrogen and oxygen atoms in total. The Kier molecular flexibility index (Phi) is 5.82. The minimum atomic E-state index is -2.91. The highest BCUT2D eigenvalue weighted by Crippen LogP contribution is 2.10. The van der Waals surface area contributed by atoms with Gasteiger partial charge in [-0.3, -0.25) is 0 Å². The molecule has 102 valence electrons. The lowest BCUT2D eigenvalue weighted by molar-refractivity contribution is 0.164. The highest BCUT2D eigenvalue weighted by molar-refractivity contribution is 7.91. The second-order valence-electron chi connectivity index (χ2n) is 4.73. The van der Waals surface area contributed by atoms with Gasteiger partial charge in [-0.05, 0) is 31.7 Å². The summed E-state index contributed by atoms with van der Waals surface area (Å²) < 4.78 is 22.6. The molecule has 1 aromatic rings. The van der Waals surface area contributed by atoms with Crippen molar-refractivity contribution in [1.29, 1.82) is 0 Å². The van der Waals surface area contributed by atoms with Crippen molar-refractivity contribution in [2.75, 3.05) is 11.5 Å². The van der Waals surface area contributed by atoms with Crippen molar-refractivity contribution in [3.8, 4) is 0 Å². The second-order valence-corrected chi connectivity index (χ2v) is 7.20. The highest BCUT2D eigenvalue weighted by Gasteiger charge is 2.10. The fraction of sp³-hybridized carbons (Fsp3) is 0.571. The van der Waals surface area contributed by atoms with Crippen LogP contribution in [0.4, 0.5) is 0 Å². The van der Waals surface area contributed by atoms with E-state index in [1.165, 1.54) is 5.56 Å². The zero-order valence-corrected chi connectivity index (χ0v) is 11.9. The maximum Gasteiger partial charge on any atom is 0.150 e. The Morgan fingerprint density at radius 2 is 2.06 bits per heavy atom. The van der Waals surface area contributed by atoms with Gasteiger partial charge in [0, 0.05) is 5.75 Å². The van der Waals surface area contributed by atoms with Gasteiger partial charge < -0.3 is 5.11 Å². The summed E-state index contributed by atoms with van der Waals surface area (Å²) in [5, 5.41) is 9.87. The summed E-state index contributed by atoms with van der Waals surface area (Å²) in [7, 11) is -2.91. The lowest BCUT2D eigenvalue weighted by Crippen LogP contribution is -2.14. The maximum atomic E-state index is 11.3. The third-order valence-corrected chi connectivity index (χ3v) is 4.78. The van der Waals surface area contributed by atoms with E-state index in [-0.39, 0.29) is 11.5 Å². The molecule has 0 fully saturated rings. The van der Waals surface area contributed by atoms with Crippen molar-refractivity contribution in [3.63, 3.8) is 0 Å². The van der Waals surface area contributed by atoms with Gasteiger partial charge >= 0.3 is 0 Å². The number of aliphatic hydroxyl groups is 1. The first kappa shape index (κ1) is 15.2. The van der Waals surface area contributed by atoms with E-state index in [0.717, 1.165) is 5.56 Å². The van der Waals surface area contributed by atoms with Crippen LogP contribution in [0.2, 0.25) is 0 Å². The standard InChI is InChI=1S/C14H22O3S/c1-3-18(16,17)9-5-8-14(15)11-13-7-4-6-12(2)10-13/h4,6-7,10,14-15H,3,5,8-9,11H2,1-2H3. The largest absolute Gasteiger partial charge is 0.393 e. The zero-order valence-electron chi connectivity index (χ0n) is 11.1. The van der Waals surface area contributed by atoms with Crippen molar-refractivity contribution >= 4 is 9.84 Å². The van der Waals surface area contributed by atoms with Crippen molar-refractivity contribution in [3.05, 3.63) is 35.4 Å². The molecule has 0 aliphatic heterocycles. The van der Waals surface area contributed by atoms with Gasteiger partial charge in [0.2, 0.25) is 0 Å². The zero-order chi connectivity index (χ0) is 13.6. The predicted octanol–water partition coefficient (Wildman–Crippen LogP) is 2.11. The lowest BCUT2D eigenvalue weighted by Gasteiger charge is -2.11. The molecule has 1 rings (SSSR count). The Bertz CT molecular complexity index is 466. The molecular formula is C14H22O3S. The Morgan fingerprint density at radius 3 is 2.67 bits per heavy atom. The first-order valence-electron chi connectivity index (χ1n) is 6.37. The van der Waals surface area contributed by atoms with Gasteiger partial charge in [0.25, 0.3) is 0 Å². The molecule has 0 saturated heterocycles. The average molecular weight is 270 g/mol. The average Bonchev–Trinajstić information content (AvgIpc) is 2.28. The van der Waals surface area contributed by atoms with Crippen LogP contribution in [-0.4, -0.2) is 31.1 Å². The third kappa shape index (κ3) is 5.65. The van der Waals surface area contributed by atoms with Gasteiger partial charge in [-0.15, -0.1) is 0 Å². The minimum Gasteiger partial charge on any atom is -0.393 e. The Hall–Kier alpha value is -0.870. The van der Waals surface area contributed by atoms with Gasteiger partial charge in [0.1, 0.15) is 9.84 Å². The van der Waals surface area contributed by atoms with Gasteiger partial charge in [0.15, 0.2) is 0 Å². The van der Waals surface area contributed by atoms with Crippen molar-refractivity contribution in [2.24, 2.45) is 0 Å². The number of hydrogen-bond acceptors (Lipinski definition) is 3. The smallest absolute Gasteiger partial charge is 0.150 e. The van der Waals surface area contributed by atoms with Crippen molar-refractivity contribution < 1.29 is 13.5 Å². The molecule has 1 unspecified atom stereocenters. The molecule has 0 heterocycles. The Morgan fingerprint density at radius 1 is 1.33 bits per heavy atom. The van der Waals surface area contributed by atoms with E-state index < -0.39 is 15.9 Å². The quantitative estimate of drug-likeness (QED) is 0.825. The Balaban J connectivity index is 2.36. The number of sulfone groups is 1. The van der Waals surface area contributed by atoms with Gasteiger partial charge in [-0.1, -0.05) is 36.8 Å². The van der Waals surface area contributed by atoms with Crippen LogP contribution in [0.5, 0.6) is 0 Å². The van der Waals surface area contributed by atoms with Crippen LogP contribution in [0, 0.1) is 6.92 Å². The van der Waals surface area contributed by atoms with E-state index in [4.69, 9.17) is 0 Å². The molecule has 1 atom stereocenters. The summed E-state index contributed by atoms with van der Waals surface area (Å²) in [5.41, 5.74) is 2.27.